The summed E-state index contributed by atoms with van der Waals surface area (Å²) in [5, 5.41) is 19.2. The van der Waals surface area contributed by atoms with Gasteiger partial charge in [0, 0.05) is 26.4 Å². The highest BCUT2D eigenvalue weighted by atomic mass is 16.3. The molecule has 25 heavy (non-hydrogen) atoms. The van der Waals surface area contributed by atoms with Crippen molar-refractivity contribution in [1.82, 2.24) is 9.80 Å². The molecule has 1 unspecified atom stereocenters. The average molecular weight is 354 g/mol. The number of hydrogen-bond donors (Lipinski definition) is 2. The van der Waals surface area contributed by atoms with Crippen LogP contribution in [0.3, 0.4) is 0 Å². The quantitative estimate of drug-likeness (QED) is 0.690. The van der Waals surface area contributed by atoms with Gasteiger partial charge < -0.3 is 20.0 Å². The molecule has 0 radical (unpaired) electrons. The molecule has 0 heterocycles. The van der Waals surface area contributed by atoms with E-state index >= 15 is 0 Å². The van der Waals surface area contributed by atoms with Gasteiger partial charge in [0.1, 0.15) is 0 Å². The van der Waals surface area contributed by atoms with E-state index in [4.69, 9.17) is 0 Å². The van der Waals surface area contributed by atoms with Gasteiger partial charge in [-0.15, -0.1) is 0 Å². The molecule has 6 heteroatoms. The molecule has 0 saturated heterocycles. The zero-order valence-electron chi connectivity index (χ0n) is 16.3. The average Bonchev–Trinajstić information content (AvgIpc) is 3.45. The monoisotopic (exact) mass is 354 g/mol. The van der Waals surface area contributed by atoms with Crippen LogP contribution in [0.1, 0.15) is 59.3 Å². The molecule has 2 rings (SSSR count). The van der Waals surface area contributed by atoms with Crippen molar-refractivity contribution in [3.8, 4) is 0 Å². The molecule has 2 saturated carbocycles. The number of amides is 2. The summed E-state index contributed by atoms with van der Waals surface area (Å²) in [7, 11) is 3.47. The Balaban J connectivity index is 2.10. The van der Waals surface area contributed by atoms with Crippen molar-refractivity contribution >= 4 is 11.8 Å². The normalized spacial score (nSPS) is 21.4. The smallest absolute Gasteiger partial charge is 0.226 e. The molecule has 6 nitrogen and oxygen atoms in total. The number of carbonyl (C=O) groups is 2. The van der Waals surface area contributed by atoms with E-state index < -0.39 is 17.0 Å². The van der Waals surface area contributed by atoms with Crippen molar-refractivity contribution in [2.75, 3.05) is 27.3 Å². The van der Waals surface area contributed by atoms with Gasteiger partial charge in [-0.25, -0.2) is 0 Å². The Hall–Kier alpha value is -1.14. The Kier molecular flexibility index (Phi) is 5.55. The van der Waals surface area contributed by atoms with Crippen molar-refractivity contribution in [3.05, 3.63) is 0 Å². The number of aliphatic hydroxyl groups is 2. The van der Waals surface area contributed by atoms with Crippen LogP contribution < -0.4 is 0 Å². The third-order valence-corrected chi connectivity index (χ3v) is 6.00. The maximum Gasteiger partial charge on any atom is 0.226 e. The summed E-state index contributed by atoms with van der Waals surface area (Å²) >= 11 is 0. The molecular formula is C19H34N2O4. The summed E-state index contributed by atoms with van der Waals surface area (Å²) in [5.74, 6) is -0.549. The lowest BCUT2D eigenvalue weighted by atomic mass is 9.82. The highest BCUT2D eigenvalue weighted by molar-refractivity contribution is 5.87. The predicted octanol–water partition coefficient (Wildman–Crippen LogP) is 1.40. The standard InChI is InChI=1S/C19H34N2O4/c1-17(2,3)11-14(16(25)21(5)19(13-23)8-9-19)10-15(24)20(4)18(12-22)6-7-18/h14,22-23H,6-13H2,1-5H3. The number of hydrogen-bond acceptors (Lipinski definition) is 4. The number of likely N-dealkylation sites (N-methyl/N-ethyl adjacent to an activating group) is 2. The highest BCUT2D eigenvalue weighted by Crippen LogP contribution is 2.43. The molecule has 0 aliphatic heterocycles. The maximum absolute atomic E-state index is 13.1. The third-order valence-electron chi connectivity index (χ3n) is 6.00. The van der Waals surface area contributed by atoms with Crippen LogP contribution in [0.2, 0.25) is 0 Å². The van der Waals surface area contributed by atoms with Crippen LogP contribution in [0, 0.1) is 11.3 Å². The van der Waals surface area contributed by atoms with Gasteiger partial charge in [-0.3, -0.25) is 9.59 Å². The summed E-state index contributed by atoms with van der Waals surface area (Å²) < 4.78 is 0. The van der Waals surface area contributed by atoms with Crippen LogP contribution >= 0.6 is 0 Å². The van der Waals surface area contributed by atoms with Gasteiger partial charge in [-0.2, -0.15) is 0 Å². The largest absolute Gasteiger partial charge is 0.394 e. The van der Waals surface area contributed by atoms with Crippen LogP contribution in [0.4, 0.5) is 0 Å². The van der Waals surface area contributed by atoms with E-state index in [2.05, 4.69) is 20.8 Å². The van der Waals surface area contributed by atoms with Gasteiger partial charge in [0.2, 0.25) is 11.8 Å². The highest BCUT2D eigenvalue weighted by Gasteiger charge is 2.51. The molecule has 0 spiro atoms. The zero-order valence-corrected chi connectivity index (χ0v) is 16.3. The molecule has 0 bridgehead atoms. The Morgan fingerprint density at radius 2 is 1.40 bits per heavy atom. The van der Waals surface area contributed by atoms with E-state index in [1.165, 1.54) is 0 Å². The fourth-order valence-electron chi connectivity index (χ4n) is 3.59. The molecule has 0 aromatic carbocycles. The minimum atomic E-state index is -0.426. The lowest BCUT2D eigenvalue weighted by molar-refractivity contribution is -0.145. The number of aliphatic hydroxyl groups excluding tert-OH is 2. The predicted molar refractivity (Wildman–Crippen MR) is 95.8 cm³/mol. The summed E-state index contributed by atoms with van der Waals surface area (Å²) in [5.41, 5.74) is -0.920. The van der Waals surface area contributed by atoms with Crippen molar-refractivity contribution < 1.29 is 19.8 Å². The molecule has 144 valence electrons. The van der Waals surface area contributed by atoms with Crippen LogP contribution in [-0.2, 0) is 9.59 Å². The first kappa shape index (κ1) is 20.2. The molecule has 0 aromatic rings. The maximum atomic E-state index is 13.1. The van der Waals surface area contributed by atoms with Gasteiger partial charge in [-0.05, 0) is 37.5 Å². The number of carbonyl (C=O) groups excluding carboxylic acids is 2. The van der Waals surface area contributed by atoms with Crippen LogP contribution in [0.15, 0.2) is 0 Å². The van der Waals surface area contributed by atoms with Crippen molar-refractivity contribution in [3.63, 3.8) is 0 Å². The molecule has 2 fully saturated rings. The SMILES string of the molecule is CN(C(=O)CC(CC(C)(C)C)C(=O)N(C)C1(CO)CC1)C1(CO)CC1. The second-order valence-electron chi connectivity index (χ2n) is 9.28. The van der Waals surface area contributed by atoms with Crippen molar-refractivity contribution in [1.29, 1.82) is 0 Å². The fraction of sp³-hybridized carbons (Fsp3) is 0.895. The molecule has 2 N–H and O–H groups in total. The van der Waals surface area contributed by atoms with E-state index in [0.29, 0.717) is 6.42 Å². The Bertz CT molecular complexity index is 518. The van der Waals surface area contributed by atoms with E-state index in [-0.39, 0.29) is 36.9 Å². The number of rotatable bonds is 8. The minimum absolute atomic E-state index is 0.0271. The summed E-state index contributed by atoms with van der Waals surface area (Å²) in [6.07, 6.45) is 4.03. The second-order valence-corrected chi connectivity index (χ2v) is 9.28. The van der Waals surface area contributed by atoms with Gasteiger partial charge in [0.15, 0.2) is 0 Å². The number of nitrogens with zero attached hydrogens (tertiary/aromatic N) is 2. The minimum Gasteiger partial charge on any atom is -0.394 e. The molecule has 2 aliphatic carbocycles. The third kappa shape index (κ3) is 4.34. The Morgan fingerprint density at radius 3 is 1.76 bits per heavy atom. The first-order valence-electron chi connectivity index (χ1n) is 9.26. The van der Waals surface area contributed by atoms with Gasteiger partial charge in [0.05, 0.1) is 24.3 Å². The van der Waals surface area contributed by atoms with E-state index in [1.807, 2.05) is 0 Å². The van der Waals surface area contributed by atoms with Crippen molar-refractivity contribution in [2.45, 2.75) is 70.4 Å². The Labute approximate surface area is 151 Å². The van der Waals surface area contributed by atoms with Gasteiger partial charge in [-0.1, -0.05) is 20.8 Å². The topological polar surface area (TPSA) is 81.1 Å². The summed E-state index contributed by atoms with van der Waals surface area (Å²) in [6.45, 7) is 6.14. The molecule has 1 atom stereocenters. The first-order chi connectivity index (χ1) is 11.5. The van der Waals surface area contributed by atoms with Gasteiger partial charge >= 0.3 is 0 Å². The lowest BCUT2D eigenvalue weighted by Crippen LogP contribution is -2.47. The van der Waals surface area contributed by atoms with Crippen LogP contribution in [0.5, 0.6) is 0 Å². The summed E-state index contributed by atoms with van der Waals surface area (Å²) in [6, 6.07) is 0. The Morgan fingerprint density at radius 1 is 0.960 bits per heavy atom. The molecule has 2 aliphatic rings. The molecule has 2 amide bonds. The molecule has 0 aromatic heterocycles. The molecular weight excluding hydrogens is 320 g/mol. The van der Waals surface area contributed by atoms with Crippen LogP contribution in [-0.4, -0.2) is 70.2 Å². The first-order valence-corrected chi connectivity index (χ1v) is 9.26. The summed E-state index contributed by atoms with van der Waals surface area (Å²) in [4.78, 5) is 29.1. The van der Waals surface area contributed by atoms with Gasteiger partial charge in [0.25, 0.3) is 0 Å². The van der Waals surface area contributed by atoms with Crippen molar-refractivity contribution in [2.24, 2.45) is 11.3 Å². The van der Waals surface area contributed by atoms with E-state index in [0.717, 1.165) is 25.7 Å². The zero-order chi connectivity index (χ0) is 19.0. The van der Waals surface area contributed by atoms with E-state index in [1.54, 1.807) is 23.9 Å². The fourth-order valence-corrected chi connectivity index (χ4v) is 3.59. The lowest BCUT2D eigenvalue weighted by Gasteiger charge is -2.34. The second kappa shape index (κ2) is 6.88. The van der Waals surface area contributed by atoms with Crippen LogP contribution in [0.25, 0.3) is 0 Å². The van der Waals surface area contributed by atoms with E-state index in [9.17, 15) is 19.8 Å².